The topological polar surface area (TPSA) is 67.8 Å². The molecule has 3 aromatic heterocycles. The van der Waals surface area contributed by atoms with Crippen molar-refractivity contribution in [1.82, 2.24) is 19.4 Å². The van der Waals surface area contributed by atoms with E-state index in [1.54, 1.807) is 48.3 Å². The second-order valence-corrected chi connectivity index (χ2v) is 11.6. The van der Waals surface area contributed by atoms with Crippen LogP contribution in [0.4, 0.5) is 15.9 Å². The van der Waals surface area contributed by atoms with Gasteiger partial charge in [-0.1, -0.05) is 18.7 Å². The van der Waals surface area contributed by atoms with Crippen LogP contribution in [-0.2, 0) is 11.8 Å². The van der Waals surface area contributed by atoms with Crippen LogP contribution in [-0.4, -0.2) is 58.3 Å². The van der Waals surface area contributed by atoms with Crippen molar-refractivity contribution in [3.05, 3.63) is 91.7 Å². The Labute approximate surface area is 236 Å². The molecule has 8 nitrogen and oxygen atoms in total. The molecule has 6 rings (SSSR count). The van der Waals surface area contributed by atoms with Crippen molar-refractivity contribution in [3.63, 3.8) is 0 Å². The minimum absolute atomic E-state index is 0.00706. The Balaban J connectivity index is 1.42. The summed E-state index contributed by atoms with van der Waals surface area (Å²) in [5.41, 5.74) is 4.05. The molecule has 1 aliphatic carbocycles. The van der Waals surface area contributed by atoms with Crippen LogP contribution in [0.2, 0.25) is 0 Å². The molecule has 2 aliphatic rings. The van der Waals surface area contributed by atoms with Gasteiger partial charge in [0.2, 0.25) is 5.52 Å². The Morgan fingerprint density at radius 1 is 1.18 bits per heavy atom. The summed E-state index contributed by atoms with van der Waals surface area (Å²) >= 11 is 1.66. The largest absolute Gasteiger partial charge is 0.383 e. The van der Waals surface area contributed by atoms with E-state index in [2.05, 4.69) is 31.9 Å². The highest BCUT2D eigenvalue weighted by atomic mass is 32.1. The molecule has 2 fully saturated rings. The fourth-order valence-corrected chi connectivity index (χ4v) is 6.80. The van der Waals surface area contributed by atoms with Gasteiger partial charge in [-0.25, -0.2) is 9.37 Å². The Kier molecular flexibility index (Phi) is 7.13. The smallest absolute Gasteiger partial charge is 0.270 e. The number of hydrogen-bond acceptors (Lipinski definition) is 7. The molecule has 1 aliphatic heterocycles. The minimum Gasteiger partial charge on any atom is -0.383 e. The number of nitrogens with zero attached hydrogens (tertiary/aromatic N) is 6. The first-order chi connectivity index (χ1) is 19.4. The maximum Gasteiger partial charge on any atom is 0.270 e. The molecule has 3 atom stereocenters. The molecule has 1 unspecified atom stereocenters. The normalized spacial score (nSPS) is 20.5. The third kappa shape index (κ3) is 4.89. The van der Waals surface area contributed by atoms with E-state index in [0.29, 0.717) is 42.5 Å². The number of hydrogen-bond donors (Lipinski definition) is 0. The fraction of sp³-hybridized carbons (Fsp3) is 0.400. The maximum atomic E-state index is 13.9. The van der Waals surface area contributed by atoms with Gasteiger partial charge >= 0.3 is 0 Å². The van der Waals surface area contributed by atoms with Crippen molar-refractivity contribution in [2.75, 3.05) is 31.7 Å². The van der Waals surface area contributed by atoms with Gasteiger partial charge < -0.3 is 19.0 Å². The van der Waals surface area contributed by atoms with Gasteiger partial charge in [0.15, 0.2) is 0 Å². The highest BCUT2D eigenvalue weighted by Crippen LogP contribution is 2.43. The van der Waals surface area contributed by atoms with Crippen LogP contribution in [0.5, 0.6) is 0 Å². The summed E-state index contributed by atoms with van der Waals surface area (Å²) in [5.74, 6) is 0.570. The van der Waals surface area contributed by atoms with Gasteiger partial charge in [0.05, 0.1) is 35.6 Å². The van der Waals surface area contributed by atoms with Crippen molar-refractivity contribution in [2.45, 2.75) is 43.8 Å². The summed E-state index contributed by atoms with van der Waals surface area (Å²) in [6.07, 6.45) is 2.36. The number of benzene rings is 1. The van der Waals surface area contributed by atoms with E-state index < -0.39 is 0 Å². The molecule has 0 bridgehead atoms. The summed E-state index contributed by atoms with van der Waals surface area (Å²) in [4.78, 5) is 30.8. The van der Waals surface area contributed by atoms with E-state index in [9.17, 15) is 9.18 Å². The molecule has 4 heterocycles. The number of methoxy groups -OCH3 is 1. The first-order valence-corrected chi connectivity index (χ1v) is 14.4. The van der Waals surface area contributed by atoms with E-state index in [1.165, 1.54) is 25.0 Å². The Morgan fingerprint density at radius 2 is 1.95 bits per heavy atom. The third-order valence-electron chi connectivity index (χ3n) is 8.01. The number of pyridine rings is 2. The van der Waals surface area contributed by atoms with Crippen molar-refractivity contribution >= 4 is 33.9 Å². The van der Waals surface area contributed by atoms with Crippen LogP contribution in [0.1, 0.15) is 48.0 Å². The van der Waals surface area contributed by atoms with Crippen LogP contribution in [0.25, 0.3) is 15.9 Å². The van der Waals surface area contributed by atoms with Gasteiger partial charge in [0, 0.05) is 50.7 Å². The highest BCUT2D eigenvalue weighted by Gasteiger charge is 2.40. The lowest BCUT2D eigenvalue weighted by molar-refractivity contribution is 0.0520. The molecule has 0 N–H and O–H groups in total. The zero-order valence-electron chi connectivity index (χ0n) is 22.7. The van der Waals surface area contributed by atoms with Crippen molar-refractivity contribution in [1.29, 1.82) is 0 Å². The monoisotopic (exact) mass is 558 g/mol. The first-order valence-electron chi connectivity index (χ1n) is 13.5. The van der Waals surface area contributed by atoms with E-state index >= 15 is 0 Å². The molecule has 206 valence electrons. The predicted octanol–water partition coefficient (Wildman–Crippen LogP) is 5.27. The quantitative estimate of drug-likeness (QED) is 0.288. The molecule has 40 heavy (non-hydrogen) atoms. The molecule has 1 aromatic carbocycles. The van der Waals surface area contributed by atoms with Crippen LogP contribution >= 0.6 is 11.3 Å². The molecule has 1 saturated carbocycles. The Hall–Kier alpha value is -3.65. The number of anilines is 1. The van der Waals surface area contributed by atoms with Gasteiger partial charge in [0.25, 0.3) is 11.4 Å². The number of halogens is 1. The zero-order chi connectivity index (χ0) is 28.0. The standard InChI is InChI=1S/C30H31FN6O2S/c1-18-14-37(29(20-7-9-21(31)10-8-20)30-33-23(17-40-30)19-5-6-19)22(16-39-4)15-36(18)25-13-27(38)35(3)24-11-12-26(32-2)34-28(24)25/h7-13,17-19,22,29H,5-6,14-16H2,1,3-4H3/t18-,22-,29?/m0/s1. The lowest BCUT2D eigenvalue weighted by atomic mass is 9.98. The number of aromatic nitrogens is 3. The van der Waals surface area contributed by atoms with E-state index in [-0.39, 0.29) is 29.5 Å². The summed E-state index contributed by atoms with van der Waals surface area (Å²) in [7, 11) is 3.42. The van der Waals surface area contributed by atoms with Gasteiger partial charge in [-0.2, -0.15) is 0 Å². The molecule has 0 spiro atoms. The molecule has 4 aromatic rings. The molecular formula is C30H31FN6O2S. The summed E-state index contributed by atoms with van der Waals surface area (Å²) in [6.45, 7) is 11.3. The SMILES string of the molecule is [C-]#[N+]c1ccc2c(n1)c(N1C[C@@H](COC)N(C(c3ccc(F)cc3)c3nc(C4CC4)cs3)C[C@@H]1C)cc(=O)n2C. The number of rotatable bonds is 7. The highest BCUT2D eigenvalue weighted by molar-refractivity contribution is 7.09. The zero-order valence-corrected chi connectivity index (χ0v) is 23.6. The van der Waals surface area contributed by atoms with Crippen molar-refractivity contribution in [2.24, 2.45) is 7.05 Å². The van der Waals surface area contributed by atoms with Gasteiger partial charge in [-0.05, 0) is 49.6 Å². The van der Waals surface area contributed by atoms with Crippen LogP contribution in [0.3, 0.4) is 0 Å². The van der Waals surface area contributed by atoms with E-state index in [4.69, 9.17) is 16.3 Å². The van der Waals surface area contributed by atoms with E-state index in [0.717, 1.165) is 22.0 Å². The molecular weight excluding hydrogens is 527 g/mol. The Bertz CT molecular complexity index is 1640. The lowest BCUT2D eigenvalue weighted by Gasteiger charge is -2.48. The number of thiazole rings is 1. The number of fused-ring (bicyclic) bond motifs is 1. The average Bonchev–Trinajstić information content (AvgIpc) is 3.70. The minimum atomic E-state index is -0.268. The van der Waals surface area contributed by atoms with Gasteiger partial charge in [-0.15, -0.1) is 16.3 Å². The number of piperazine rings is 1. The molecule has 0 amide bonds. The van der Waals surface area contributed by atoms with Crippen molar-refractivity contribution in [3.8, 4) is 0 Å². The number of ether oxygens (including phenoxy) is 1. The van der Waals surface area contributed by atoms with Gasteiger partial charge in [-0.3, -0.25) is 9.69 Å². The first kappa shape index (κ1) is 26.6. The maximum absolute atomic E-state index is 13.9. The fourth-order valence-electron chi connectivity index (χ4n) is 5.75. The van der Waals surface area contributed by atoms with Crippen LogP contribution in [0.15, 0.2) is 52.6 Å². The Morgan fingerprint density at radius 3 is 2.65 bits per heavy atom. The second-order valence-electron chi connectivity index (χ2n) is 10.7. The number of aryl methyl sites for hydroxylation is 1. The molecule has 0 radical (unpaired) electrons. The summed E-state index contributed by atoms with van der Waals surface area (Å²) < 4.78 is 21.2. The van der Waals surface area contributed by atoms with Gasteiger partial charge in [0.1, 0.15) is 10.8 Å². The molecule has 10 heteroatoms. The van der Waals surface area contributed by atoms with E-state index in [1.807, 2.05) is 12.1 Å². The third-order valence-corrected chi connectivity index (χ3v) is 8.92. The van der Waals surface area contributed by atoms with Crippen molar-refractivity contribution < 1.29 is 9.13 Å². The average molecular weight is 559 g/mol. The van der Waals surface area contributed by atoms with Crippen LogP contribution in [0, 0.1) is 12.4 Å². The summed E-state index contributed by atoms with van der Waals surface area (Å²) in [5, 5.41) is 3.17. The molecule has 1 saturated heterocycles. The lowest BCUT2D eigenvalue weighted by Crippen LogP contribution is -2.60. The second kappa shape index (κ2) is 10.7. The summed E-state index contributed by atoms with van der Waals surface area (Å²) in [6, 6.07) is 11.6. The predicted molar refractivity (Wildman–Crippen MR) is 155 cm³/mol. The van der Waals surface area contributed by atoms with Crippen LogP contribution < -0.4 is 10.5 Å².